The number of benzene rings is 1. The van der Waals surface area contributed by atoms with Gasteiger partial charge in [0.05, 0.1) is 11.9 Å². The van der Waals surface area contributed by atoms with Crippen LogP contribution < -0.4 is 10.6 Å². The van der Waals surface area contributed by atoms with E-state index in [0.29, 0.717) is 17.3 Å². The highest BCUT2D eigenvalue weighted by molar-refractivity contribution is 5.92. The summed E-state index contributed by atoms with van der Waals surface area (Å²) in [6.07, 6.45) is 6.58. The van der Waals surface area contributed by atoms with Crippen molar-refractivity contribution in [3.05, 3.63) is 59.7 Å². The summed E-state index contributed by atoms with van der Waals surface area (Å²) in [5.74, 6) is -0.627. The van der Waals surface area contributed by atoms with Gasteiger partial charge in [0, 0.05) is 18.2 Å². The number of nitrogens with one attached hydrogen (secondary N) is 2. The van der Waals surface area contributed by atoms with Crippen LogP contribution >= 0.6 is 0 Å². The summed E-state index contributed by atoms with van der Waals surface area (Å²) < 4.78 is 13.5. The van der Waals surface area contributed by atoms with Gasteiger partial charge in [-0.25, -0.2) is 9.37 Å². The van der Waals surface area contributed by atoms with E-state index in [0.717, 1.165) is 5.69 Å². The predicted molar refractivity (Wildman–Crippen MR) is 87.7 cm³/mol. The molecule has 120 valence electrons. The lowest BCUT2D eigenvalue weighted by Crippen LogP contribution is -2.24. The number of rotatable bonds is 5. The first-order chi connectivity index (χ1) is 11.2. The summed E-state index contributed by atoms with van der Waals surface area (Å²) in [6, 6.07) is 10.5. The maximum Gasteiger partial charge on any atom is 0.270 e. The van der Waals surface area contributed by atoms with E-state index in [1.54, 1.807) is 30.5 Å². The number of amides is 1. The molecule has 1 fully saturated rings. The van der Waals surface area contributed by atoms with Gasteiger partial charge in [-0.1, -0.05) is 31.0 Å². The van der Waals surface area contributed by atoms with Gasteiger partial charge in [0.1, 0.15) is 11.5 Å². The summed E-state index contributed by atoms with van der Waals surface area (Å²) in [7, 11) is 0. The normalized spacial score (nSPS) is 14.7. The fraction of sp³-hybridized carbons (Fsp3) is 0.333. The molecule has 0 radical (unpaired) electrons. The second kappa shape index (κ2) is 7.22. The number of aromatic nitrogens is 1. The SMILES string of the molecule is O=C(NCc1ccccc1F)c1ccc(NC2CCCC2)cn1. The Bertz CT molecular complexity index is 666. The van der Waals surface area contributed by atoms with E-state index in [1.165, 1.54) is 31.7 Å². The van der Waals surface area contributed by atoms with Crippen molar-refractivity contribution >= 4 is 11.6 Å². The average Bonchev–Trinajstić information content (AvgIpc) is 3.07. The molecule has 0 spiro atoms. The Morgan fingerprint density at radius 2 is 1.96 bits per heavy atom. The quantitative estimate of drug-likeness (QED) is 0.888. The van der Waals surface area contributed by atoms with Crippen LogP contribution in [0.2, 0.25) is 0 Å². The smallest absolute Gasteiger partial charge is 0.270 e. The minimum atomic E-state index is -0.322. The lowest BCUT2D eigenvalue weighted by molar-refractivity contribution is 0.0945. The fourth-order valence-corrected chi connectivity index (χ4v) is 2.83. The molecule has 5 heteroatoms. The number of anilines is 1. The lowest BCUT2D eigenvalue weighted by atomic mass is 10.2. The van der Waals surface area contributed by atoms with Crippen LogP contribution in [0.5, 0.6) is 0 Å². The third kappa shape index (κ3) is 4.06. The van der Waals surface area contributed by atoms with Crippen LogP contribution in [0.4, 0.5) is 10.1 Å². The second-order valence-corrected chi connectivity index (χ2v) is 5.83. The van der Waals surface area contributed by atoms with Gasteiger partial charge in [-0.05, 0) is 31.0 Å². The first kappa shape index (κ1) is 15.5. The van der Waals surface area contributed by atoms with Gasteiger partial charge in [-0.2, -0.15) is 0 Å². The number of carbonyl (C=O) groups excluding carboxylic acids is 1. The molecule has 2 N–H and O–H groups in total. The first-order valence-corrected chi connectivity index (χ1v) is 7.96. The van der Waals surface area contributed by atoms with Crippen molar-refractivity contribution < 1.29 is 9.18 Å². The van der Waals surface area contributed by atoms with Gasteiger partial charge in [0.25, 0.3) is 5.91 Å². The molecular formula is C18H20FN3O. The fourth-order valence-electron chi connectivity index (χ4n) is 2.83. The maximum absolute atomic E-state index is 13.5. The van der Waals surface area contributed by atoms with Crippen molar-refractivity contribution in [1.82, 2.24) is 10.3 Å². The minimum absolute atomic E-state index is 0.148. The minimum Gasteiger partial charge on any atom is -0.381 e. The molecule has 0 saturated heterocycles. The molecule has 1 aliphatic rings. The first-order valence-electron chi connectivity index (χ1n) is 7.96. The molecule has 1 saturated carbocycles. The summed E-state index contributed by atoms with van der Waals surface area (Å²) in [5.41, 5.74) is 1.72. The molecule has 0 aliphatic heterocycles. The van der Waals surface area contributed by atoms with Crippen LogP contribution in [0.25, 0.3) is 0 Å². The Hall–Kier alpha value is -2.43. The van der Waals surface area contributed by atoms with Crippen molar-refractivity contribution in [2.24, 2.45) is 0 Å². The molecule has 2 aromatic rings. The number of hydrogen-bond acceptors (Lipinski definition) is 3. The van der Waals surface area contributed by atoms with Gasteiger partial charge in [-0.15, -0.1) is 0 Å². The van der Waals surface area contributed by atoms with Crippen LogP contribution in [0, 0.1) is 5.82 Å². The van der Waals surface area contributed by atoms with Gasteiger partial charge in [-0.3, -0.25) is 4.79 Å². The van der Waals surface area contributed by atoms with Gasteiger partial charge < -0.3 is 10.6 Å². The number of carbonyl (C=O) groups is 1. The molecule has 23 heavy (non-hydrogen) atoms. The van der Waals surface area contributed by atoms with E-state index in [1.807, 2.05) is 6.07 Å². The molecule has 0 bridgehead atoms. The maximum atomic E-state index is 13.5. The second-order valence-electron chi connectivity index (χ2n) is 5.83. The van der Waals surface area contributed by atoms with E-state index < -0.39 is 0 Å². The highest BCUT2D eigenvalue weighted by atomic mass is 19.1. The largest absolute Gasteiger partial charge is 0.381 e. The van der Waals surface area contributed by atoms with Crippen molar-refractivity contribution in [1.29, 1.82) is 0 Å². The van der Waals surface area contributed by atoms with E-state index in [-0.39, 0.29) is 18.3 Å². The topological polar surface area (TPSA) is 54.0 Å². The molecule has 1 aliphatic carbocycles. The molecule has 1 aromatic carbocycles. The van der Waals surface area contributed by atoms with E-state index >= 15 is 0 Å². The Balaban J connectivity index is 1.56. The Kier molecular flexibility index (Phi) is 4.86. The monoisotopic (exact) mass is 313 g/mol. The third-order valence-electron chi connectivity index (χ3n) is 4.12. The molecule has 1 heterocycles. The van der Waals surface area contributed by atoms with Crippen LogP contribution in [-0.2, 0) is 6.54 Å². The Morgan fingerprint density at radius 1 is 1.17 bits per heavy atom. The van der Waals surface area contributed by atoms with Gasteiger partial charge in [0.15, 0.2) is 0 Å². The van der Waals surface area contributed by atoms with Crippen LogP contribution in [0.15, 0.2) is 42.6 Å². The van der Waals surface area contributed by atoms with Crippen LogP contribution in [0.1, 0.15) is 41.7 Å². The summed E-state index contributed by atoms with van der Waals surface area (Å²) in [4.78, 5) is 16.3. The Labute approximate surface area is 135 Å². The molecule has 0 atom stereocenters. The predicted octanol–water partition coefficient (Wildman–Crippen LogP) is 3.51. The number of hydrogen-bond donors (Lipinski definition) is 2. The van der Waals surface area contributed by atoms with Gasteiger partial charge >= 0.3 is 0 Å². The highest BCUT2D eigenvalue weighted by Crippen LogP contribution is 2.21. The van der Waals surface area contributed by atoms with Crippen LogP contribution in [0.3, 0.4) is 0 Å². The lowest BCUT2D eigenvalue weighted by Gasteiger charge is -2.13. The zero-order chi connectivity index (χ0) is 16.1. The summed E-state index contributed by atoms with van der Waals surface area (Å²) in [5, 5.41) is 6.12. The summed E-state index contributed by atoms with van der Waals surface area (Å²) >= 11 is 0. The van der Waals surface area contributed by atoms with Crippen molar-refractivity contribution in [2.75, 3.05) is 5.32 Å². The van der Waals surface area contributed by atoms with E-state index in [2.05, 4.69) is 15.6 Å². The van der Waals surface area contributed by atoms with Crippen molar-refractivity contribution in [2.45, 2.75) is 38.3 Å². The molecule has 0 unspecified atom stereocenters. The van der Waals surface area contributed by atoms with Gasteiger partial charge in [0.2, 0.25) is 0 Å². The van der Waals surface area contributed by atoms with E-state index in [4.69, 9.17) is 0 Å². The molecule has 1 aromatic heterocycles. The molecule has 3 rings (SSSR count). The standard InChI is InChI=1S/C18H20FN3O/c19-16-8-4-1-5-13(16)11-21-18(23)17-10-9-15(12-20-17)22-14-6-2-3-7-14/h1,4-5,8-10,12,14,22H,2-3,6-7,11H2,(H,21,23). The Morgan fingerprint density at radius 3 is 2.65 bits per heavy atom. The third-order valence-corrected chi connectivity index (χ3v) is 4.12. The highest BCUT2D eigenvalue weighted by Gasteiger charge is 2.15. The number of nitrogens with zero attached hydrogens (tertiary/aromatic N) is 1. The van der Waals surface area contributed by atoms with E-state index in [9.17, 15) is 9.18 Å². The average molecular weight is 313 g/mol. The summed E-state index contributed by atoms with van der Waals surface area (Å²) in [6.45, 7) is 0.148. The molecule has 4 nitrogen and oxygen atoms in total. The molecular weight excluding hydrogens is 293 g/mol. The van der Waals surface area contributed by atoms with Crippen molar-refractivity contribution in [3.63, 3.8) is 0 Å². The zero-order valence-electron chi connectivity index (χ0n) is 12.9. The zero-order valence-corrected chi connectivity index (χ0v) is 12.9. The number of halogens is 1. The van der Waals surface area contributed by atoms with Crippen LogP contribution in [-0.4, -0.2) is 16.9 Å². The molecule has 1 amide bonds. The number of pyridine rings is 1. The van der Waals surface area contributed by atoms with Crippen molar-refractivity contribution in [3.8, 4) is 0 Å².